The predicted octanol–water partition coefficient (Wildman–Crippen LogP) is 3.27. The zero-order valence-electron chi connectivity index (χ0n) is 17.9. The van der Waals surface area contributed by atoms with Crippen molar-refractivity contribution in [1.29, 1.82) is 0 Å². The number of piperazine rings is 1. The summed E-state index contributed by atoms with van der Waals surface area (Å²) < 4.78 is 1.68. The van der Waals surface area contributed by atoms with Crippen LogP contribution in [0.4, 0.5) is 5.69 Å². The van der Waals surface area contributed by atoms with Gasteiger partial charge in [-0.2, -0.15) is 5.10 Å². The first kappa shape index (κ1) is 20.8. The molecule has 0 unspecified atom stereocenters. The molecule has 5 rings (SSSR count). The summed E-state index contributed by atoms with van der Waals surface area (Å²) in [7, 11) is 0. The number of amides is 2. The fourth-order valence-corrected chi connectivity index (χ4v) is 4.78. The smallest absolute Gasteiger partial charge is 0.275 e. The standard InChI is InChI=1S/C24H26ClN5O2/c25-18-6-5-7-19(16-18)27-12-14-28(15-13-27)22(31)17-30-21-9-2-1-8-20(21)23(26-30)24(32)29-10-3-4-11-29/h1-2,5-9,16H,3-4,10-15,17H2. The average molecular weight is 452 g/mol. The Kier molecular flexibility index (Phi) is 5.74. The summed E-state index contributed by atoms with van der Waals surface area (Å²) in [6.45, 7) is 4.47. The molecule has 3 heterocycles. The maximum Gasteiger partial charge on any atom is 0.275 e. The van der Waals surface area contributed by atoms with Crippen LogP contribution in [0.5, 0.6) is 0 Å². The lowest BCUT2D eigenvalue weighted by Crippen LogP contribution is -2.49. The number of carbonyl (C=O) groups is 2. The number of nitrogens with zero attached hydrogens (tertiary/aromatic N) is 5. The van der Waals surface area contributed by atoms with E-state index in [2.05, 4.69) is 10.00 Å². The van der Waals surface area contributed by atoms with Crippen LogP contribution in [0.3, 0.4) is 0 Å². The Morgan fingerprint density at radius 1 is 0.875 bits per heavy atom. The van der Waals surface area contributed by atoms with Crippen LogP contribution >= 0.6 is 11.6 Å². The molecule has 1 aromatic heterocycles. The zero-order chi connectivity index (χ0) is 22.1. The van der Waals surface area contributed by atoms with Crippen molar-refractivity contribution in [1.82, 2.24) is 19.6 Å². The summed E-state index contributed by atoms with van der Waals surface area (Å²) >= 11 is 6.12. The maximum absolute atomic E-state index is 13.1. The van der Waals surface area contributed by atoms with E-state index in [4.69, 9.17) is 11.6 Å². The Morgan fingerprint density at radius 2 is 1.62 bits per heavy atom. The molecule has 2 aliphatic heterocycles. The van der Waals surface area contributed by atoms with Crippen LogP contribution in [-0.2, 0) is 11.3 Å². The fraction of sp³-hybridized carbons (Fsp3) is 0.375. The van der Waals surface area contributed by atoms with E-state index >= 15 is 0 Å². The van der Waals surface area contributed by atoms with E-state index in [1.165, 1.54) is 0 Å². The van der Waals surface area contributed by atoms with Crippen LogP contribution in [0.2, 0.25) is 5.02 Å². The molecule has 2 saturated heterocycles. The van der Waals surface area contributed by atoms with Crippen LogP contribution in [0.1, 0.15) is 23.3 Å². The first-order chi connectivity index (χ1) is 15.6. The van der Waals surface area contributed by atoms with E-state index in [9.17, 15) is 9.59 Å². The molecule has 0 saturated carbocycles. The molecule has 0 N–H and O–H groups in total. The van der Waals surface area contributed by atoms with Gasteiger partial charge in [-0.3, -0.25) is 14.3 Å². The molecular weight excluding hydrogens is 426 g/mol. The number of aromatic nitrogens is 2. The van der Waals surface area contributed by atoms with Crippen molar-refractivity contribution in [2.45, 2.75) is 19.4 Å². The van der Waals surface area contributed by atoms with Crippen molar-refractivity contribution in [2.24, 2.45) is 0 Å². The lowest BCUT2D eigenvalue weighted by Gasteiger charge is -2.36. The molecule has 166 valence electrons. The van der Waals surface area contributed by atoms with Gasteiger partial charge in [0, 0.05) is 55.4 Å². The largest absolute Gasteiger partial charge is 0.368 e. The molecule has 0 bridgehead atoms. The molecule has 8 heteroatoms. The van der Waals surface area contributed by atoms with Gasteiger partial charge in [0.1, 0.15) is 6.54 Å². The second kappa shape index (κ2) is 8.82. The third-order valence-corrected chi connectivity index (χ3v) is 6.58. The van der Waals surface area contributed by atoms with Gasteiger partial charge < -0.3 is 14.7 Å². The number of para-hydroxylation sites is 1. The Bertz CT molecular complexity index is 1150. The van der Waals surface area contributed by atoms with E-state index in [0.717, 1.165) is 55.6 Å². The second-order valence-electron chi connectivity index (χ2n) is 8.37. The van der Waals surface area contributed by atoms with Crippen molar-refractivity contribution in [2.75, 3.05) is 44.2 Å². The average Bonchev–Trinajstić information content (AvgIpc) is 3.48. The second-order valence-corrected chi connectivity index (χ2v) is 8.81. The number of hydrogen-bond acceptors (Lipinski definition) is 4. The van der Waals surface area contributed by atoms with Gasteiger partial charge in [-0.1, -0.05) is 35.9 Å². The first-order valence-electron chi connectivity index (χ1n) is 11.1. The van der Waals surface area contributed by atoms with Crippen molar-refractivity contribution in [3.63, 3.8) is 0 Å². The van der Waals surface area contributed by atoms with Gasteiger partial charge in [0.25, 0.3) is 5.91 Å². The minimum absolute atomic E-state index is 0.0177. The molecule has 7 nitrogen and oxygen atoms in total. The molecule has 0 spiro atoms. The number of hydrogen-bond donors (Lipinski definition) is 0. The third-order valence-electron chi connectivity index (χ3n) is 6.34. The number of likely N-dealkylation sites (tertiary alicyclic amines) is 1. The number of halogens is 1. The number of anilines is 1. The predicted molar refractivity (Wildman–Crippen MR) is 125 cm³/mol. The number of fused-ring (bicyclic) bond motifs is 1. The van der Waals surface area contributed by atoms with Crippen molar-refractivity contribution >= 4 is 40.0 Å². The lowest BCUT2D eigenvalue weighted by atomic mass is 10.2. The molecule has 0 radical (unpaired) electrons. The van der Waals surface area contributed by atoms with Gasteiger partial charge in [0.2, 0.25) is 5.91 Å². The Labute approximate surface area is 192 Å². The zero-order valence-corrected chi connectivity index (χ0v) is 18.7. The SMILES string of the molecule is O=C(Cn1nc(C(=O)N2CCCC2)c2ccccc21)N1CCN(c2cccc(Cl)c2)CC1. The molecule has 3 aromatic rings. The summed E-state index contributed by atoms with van der Waals surface area (Å²) in [5.74, 6) is -0.0239. The van der Waals surface area contributed by atoms with E-state index in [1.54, 1.807) is 4.68 Å². The van der Waals surface area contributed by atoms with Crippen molar-refractivity contribution < 1.29 is 9.59 Å². The van der Waals surface area contributed by atoms with Gasteiger partial charge >= 0.3 is 0 Å². The molecular formula is C24H26ClN5O2. The number of carbonyl (C=O) groups excluding carboxylic acids is 2. The topological polar surface area (TPSA) is 61.7 Å². The molecule has 0 aliphatic carbocycles. The molecule has 2 fully saturated rings. The van der Waals surface area contributed by atoms with E-state index in [-0.39, 0.29) is 18.4 Å². The fourth-order valence-electron chi connectivity index (χ4n) is 4.59. The minimum atomic E-state index is -0.0416. The highest BCUT2D eigenvalue weighted by atomic mass is 35.5. The molecule has 0 atom stereocenters. The van der Waals surface area contributed by atoms with Crippen LogP contribution < -0.4 is 4.90 Å². The van der Waals surface area contributed by atoms with Gasteiger partial charge in [0.05, 0.1) is 5.52 Å². The summed E-state index contributed by atoms with van der Waals surface area (Å²) in [5.41, 5.74) is 2.34. The van der Waals surface area contributed by atoms with Crippen LogP contribution in [0, 0.1) is 0 Å². The van der Waals surface area contributed by atoms with Crippen molar-refractivity contribution in [3.8, 4) is 0 Å². The van der Waals surface area contributed by atoms with Gasteiger partial charge in [-0.25, -0.2) is 0 Å². The first-order valence-corrected chi connectivity index (χ1v) is 11.5. The molecule has 2 aliphatic rings. The van der Waals surface area contributed by atoms with Gasteiger partial charge in [-0.05, 0) is 37.1 Å². The van der Waals surface area contributed by atoms with Gasteiger partial charge in [0.15, 0.2) is 5.69 Å². The quantitative estimate of drug-likeness (QED) is 0.610. The highest BCUT2D eigenvalue weighted by molar-refractivity contribution is 6.30. The maximum atomic E-state index is 13.1. The van der Waals surface area contributed by atoms with Crippen LogP contribution in [-0.4, -0.2) is 70.7 Å². The highest BCUT2D eigenvalue weighted by Crippen LogP contribution is 2.23. The number of benzene rings is 2. The normalized spacial score (nSPS) is 16.7. The summed E-state index contributed by atoms with van der Waals surface area (Å²) in [5, 5.41) is 6.12. The lowest BCUT2D eigenvalue weighted by molar-refractivity contribution is -0.132. The van der Waals surface area contributed by atoms with Crippen LogP contribution in [0.15, 0.2) is 48.5 Å². The molecule has 32 heavy (non-hydrogen) atoms. The summed E-state index contributed by atoms with van der Waals surface area (Å²) in [4.78, 5) is 32.0. The molecule has 2 aromatic carbocycles. The van der Waals surface area contributed by atoms with Crippen molar-refractivity contribution in [3.05, 3.63) is 59.2 Å². The van der Waals surface area contributed by atoms with E-state index in [1.807, 2.05) is 58.3 Å². The highest BCUT2D eigenvalue weighted by Gasteiger charge is 2.27. The Balaban J connectivity index is 1.29. The summed E-state index contributed by atoms with van der Waals surface area (Å²) in [6.07, 6.45) is 2.06. The Morgan fingerprint density at radius 3 is 2.38 bits per heavy atom. The monoisotopic (exact) mass is 451 g/mol. The molecule has 2 amide bonds. The van der Waals surface area contributed by atoms with E-state index in [0.29, 0.717) is 23.8 Å². The van der Waals surface area contributed by atoms with Gasteiger partial charge in [-0.15, -0.1) is 0 Å². The summed E-state index contributed by atoms with van der Waals surface area (Å²) in [6, 6.07) is 15.5. The Hall–Kier alpha value is -3.06. The van der Waals surface area contributed by atoms with Crippen LogP contribution in [0.25, 0.3) is 10.9 Å². The third kappa shape index (κ3) is 4.05. The number of rotatable bonds is 4. The van der Waals surface area contributed by atoms with E-state index < -0.39 is 0 Å². The minimum Gasteiger partial charge on any atom is -0.368 e.